The van der Waals surface area contributed by atoms with E-state index in [0.29, 0.717) is 16.1 Å². The molecule has 2 heterocycles. The lowest BCUT2D eigenvalue weighted by Gasteiger charge is -2.05. The number of hydrogen-bond acceptors (Lipinski definition) is 8. The van der Waals surface area contributed by atoms with Gasteiger partial charge in [0.1, 0.15) is 11.6 Å². The summed E-state index contributed by atoms with van der Waals surface area (Å²) in [7, 11) is -1.84. The molecule has 4 aromatic rings. The highest BCUT2D eigenvalue weighted by atomic mass is 32.2. The SMILES string of the molecule is Cn1c(CS(=O)(=O)c2ccccc2)nnc1SCC(=O)Nc1nc2ccccc2s1. The van der Waals surface area contributed by atoms with Gasteiger partial charge >= 0.3 is 0 Å². The van der Waals surface area contributed by atoms with Gasteiger partial charge in [-0.1, -0.05) is 53.4 Å². The highest BCUT2D eigenvalue weighted by Gasteiger charge is 2.20. The molecule has 0 bridgehead atoms. The number of benzene rings is 2. The highest BCUT2D eigenvalue weighted by Crippen LogP contribution is 2.26. The summed E-state index contributed by atoms with van der Waals surface area (Å²) in [5, 5.41) is 11.8. The minimum atomic E-state index is -3.53. The van der Waals surface area contributed by atoms with E-state index in [2.05, 4.69) is 20.5 Å². The van der Waals surface area contributed by atoms with Gasteiger partial charge in [0.05, 0.1) is 20.9 Å². The fourth-order valence-corrected chi connectivity index (χ4v) is 5.63. The number of sulfone groups is 1. The minimum absolute atomic E-state index is 0.104. The van der Waals surface area contributed by atoms with Gasteiger partial charge in [-0.05, 0) is 24.3 Å². The van der Waals surface area contributed by atoms with Crippen LogP contribution in [-0.4, -0.2) is 39.8 Å². The Morgan fingerprint density at radius 1 is 1.10 bits per heavy atom. The standard InChI is InChI=1S/C19H17N5O3S3/c1-24-16(12-30(26,27)13-7-3-2-4-8-13)22-23-19(24)28-11-17(25)21-18-20-14-9-5-6-10-15(14)29-18/h2-10H,11-12H2,1H3,(H,20,21,25). The number of aromatic nitrogens is 4. The Labute approximate surface area is 181 Å². The van der Waals surface area contributed by atoms with E-state index in [9.17, 15) is 13.2 Å². The zero-order valence-electron chi connectivity index (χ0n) is 15.8. The van der Waals surface area contributed by atoms with E-state index >= 15 is 0 Å². The van der Waals surface area contributed by atoms with Gasteiger partial charge in [-0.2, -0.15) is 0 Å². The van der Waals surface area contributed by atoms with Gasteiger partial charge in [0, 0.05) is 7.05 Å². The van der Waals surface area contributed by atoms with E-state index in [1.807, 2.05) is 24.3 Å². The van der Waals surface area contributed by atoms with E-state index in [4.69, 9.17) is 0 Å². The molecule has 1 amide bonds. The molecule has 0 atom stereocenters. The molecule has 0 radical (unpaired) electrons. The fraction of sp³-hybridized carbons (Fsp3) is 0.158. The van der Waals surface area contributed by atoms with Crippen LogP contribution in [-0.2, 0) is 27.4 Å². The maximum Gasteiger partial charge on any atom is 0.236 e. The fourth-order valence-electron chi connectivity index (χ4n) is 2.69. The molecule has 2 aromatic carbocycles. The number of carbonyl (C=O) groups excluding carboxylic acids is 1. The molecular weight excluding hydrogens is 442 g/mol. The first-order valence-electron chi connectivity index (χ1n) is 8.87. The number of rotatable bonds is 7. The minimum Gasteiger partial charge on any atom is -0.308 e. The van der Waals surface area contributed by atoms with Crippen molar-refractivity contribution in [1.29, 1.82) is 0 Å². The Morgan fingerprint density at radius 2 is 1.83 bits per heavy atom. The molecule has 0 saturated carbocycles. The van der Waals surface area contributed by atoms with Crippen LogP contribution in [0.2, 0.25) is 0 Å². The Morgan fingerprint density at radius 3 is 2.60 bits per heavy atom. The number of anilines is 1. The topological polar surface area (TPSA) is 107 Å². The molecule has 11 heteroatoms. The van der Waals surface area contributed by atoms with Gasteiger partial charge in [0.15, 0.2) is 20.1 Å². The van der Waals surface area contributed by atoms with Crippen LogP contribution >= 0.6 is 23.1 Å². The second-order valence-corrected chi connectivity index (χ2v) is 10.3. The van der Waals surface area contributed by atoms with E-state index in [-0.39, 0.29) is 22.3 Å². The molecule has 2 aromatic heterocycles. The lowest BCUT2D eigenvalue weighted by Crippen LogP contribution is -2.14. The van der Waals surface area contributed by atoms with Crippen LogP contribution in [0.15, 0.2) is 64.6 Å². The summed E-state index contributed by atoms with van der Waals surface area (Å²) in [6, 6.07) is 15.9. The Hall–Kier alpha value is -2.76. The number of thiazole rings is 1. The summed E-state index contributed by atoms with van der Waals surface area (Å²) in [4.78, 5) is 16.9. The van der Waals surface area contributed by atoms with Crippen molar-refractivity contribution in [2.24, 2.45) is 7.05 Å². The van der Waals surface area contributed by atoms with Crippen LogP contribution in [0.3, 0.4) is 0 Å². The van der Waals surface area contributed by atoms with Gasteiger partial charge in [-0.25, -0.2) is 13.4 Å². The number of nitrogens with zero attached hydrogens (tertiary/aromatic N) is 4. The first kappa shape index (κ1) is 20.5. The Kier molecular flexibility index (Phi) is 5.84. The number of nitrogens with one attached hydrogen (secondary N) is 1. The zero-order valence-corrected chi connectivity index (χ0v) is 18.3. The van der Waals surface area contributed by atoms with Crippen molar-refractivity contribution in [1.82, 2.24) is 19.7 Å². The molecule has 0 spiro atoms. The van der Waals surface area contributed by atoms with Crippen molar-refractivity contribution >= 4 is 54.2 Å². The molecule has 8 nitrogen and oxygen atoms in total. The van der Waals surface area contributed by atoms with Crippen LogP contribution in [0.5, 0.6) is 0 Å². The molecule has 0 aliphatic rings. The second-order valence-electron chi connectivity index (χ2n) is 6.35. The molecule has 154 valence electrons. The third kappa shape index (κ3) is 4.53. The smallest absolute Gasteiger partial charge is 0.236 e. The summed E-state index contributed by atoms with van der Waals surface area (Å²) in [6.45, 7) is 0. The number of amides is 1. The molecule has 0 aliphatic heterocycles. The van der Waals surface area contributed by atoms with Crippen molar-refractivity contribution in [3.05, 3.63) is 60.4 Å². The molecule has 0 unspecified atom stereocenters. The van der Waals surface area contributed by atoms with E-state index in [1.54, 1.807) is 41.9 Å². The Bertz CT molecular complexity index is 1270. The average Bonchev–Trinajstić information content (AvgIpc) is 3.30. The first-order chi connectivity index (χ1) is 14.4. The predicted molar refractivity (Wildman–Crippen MR) is 117 cm³/mol. The molecule has 0 fully saturated rings. The van der Waals surface area contributed by atoms with E-state index in [0.717, 1.165) is 10.2 Å². The summed E-state index contributed by atoms with van der Waals surface area (Å²) < 4.78 is 27.7. The van der Waals surface area contributed by atoms with Crippen LogP contribution < -0.4 is 5.32 Å². The van der Waals surface area contributed by atoms with Crippen LogP contribution in [0.4, 0.5) is 5.13 Å². The van der Waals surface area contributed by atoms with Gasteiger partial charge in [0.25, 0.3) is 0 Å². The Balaban J connectivity index is 1.38. The quantitative estimate of drug-likeness (QED) is 0.423. The summed E-state index contributed by atoms with van der Waals surface area (Å²) in [6.07, 6.45) is 0. The summed E-state index contributed by atoms with van der Waals surface area (Å²) >= 11 is 2.59. The number of thioether (sulfide) groups is 1. The highest BCUT2D eigenvalue weighted by molar-refractivity contribution is 7.99. The third-order valence-electron chi connectivity index (χ3n) is 4.22. The first-order valence-corrected chi connectivity index (χ1v) is 12.3. The zero-order chi connectivity index (χ0) is 21.1. The molecule has 0 saturated heterocycles. The van der Waals surface area contributed by atoms with Crippen molar-refractivity contribution in [3.8, 4) is 0 Å². The summed E-state index contributed by atoms with van der Waals surface area (Å²) in [5.41, 5.74) is 0.836. The molecule has 4 rings (SSSR count). The molecule has 0 aliphatic carbocycles. The molecular formula is C19H17N5O3S3. The lowest BCUT2D eigenvalue weighted by molar-refractivity contribution is -0.113. The van der Waals surface area contributed by atoms with Crippen LogP contribution in [0.25, 0.3) is 10.2 Å². The molecule has 1 N–H and O–H groups in total. The van der Waals surface area contributed by atoms with Crippen LogP contribution in [0.1, 0.15) is 5.82 Å². The predicted octanol–water partition coefficient (Wildman–Crippen LogP) is 3.13. The van der Waals surface area contributed by atoms with E-state index in [1.165, 1.54) is 23.1 Å². The van der Waals surface area contributed by atoms with E-state index < -0.39 is 9.84 Å². The maximum atomic E-state index is 12.5. The van der Waals surface area contributed by atoms with Gasteiger partial charge in [-0.15, -0.1) is 10.2 Å². The maximum absolute atomic E-state index is 12.5. The number of carbonyl (C=O) groups is 1. The van der Waals surface area contributed by atoms with Crippen molar-refractivity contribution < 1.29 is 13.2 Å². The summed E-state index contributed by atoms with van der Waals surface area (Å²) in [5.74, 6) is -0.0693. The van der Waals surface area contributed by atoms with Crippen molar-refractivity contribution in [3.63, 3.8) is 0 Å². The third-order valence-corrected chi connectivity index (χ3v) is 7.82. The number of hydrogen-bond donors (Lipinski definition) is 1. The number of fused-ring (bicyclic) bond motifs is 1. The van der Waals surface area contributed by atoms with Gasteiger partial charge in [0.2, 0.25) is 5.91 Å². The second kappa shape index (κ2) is 8.54. The average molecular weight is 460 g/mol. The van der Waals surface area contributed by atoms with Gasteiger partial charge < -0.3 is 9.88 Å². The number of para-hydroxylation sites is 1. The normalized spacial score (nSPS) is 11.6. The molecule has 30 heavy (non-hydrogen) atoms. The monoisotopic (exact) mass is 459 g/mol. The lowest BCUT2D eigenvalue weighted by atomic mass is 10.3. The van der Waals surface area contributed by atoms with Gasteiger partial charge in [-0.3, -0.25) is 4.79 Å². The largest absolute Gasteiger partial charge is 0.308 e. The van der Waals surface area contributed by atoms with Crippen molar-refractivity contribution in [2.75, 3.05) is 11.1 Å². The van der Waals surface area contributed by atoms with Crippen LogP contribution in [0, 0.1) is 0 Å². The van der Waals surface area contributed by atoms with Crippen molar-refractivity contribution in [2.45, 2.75) is 15.8 Å².